The van der Waals surface area contributed by atoms with Gasteiger partial charge in [0.1, 0.15) is 12.7 Å². The molecular weight excluding hydrogens is 568 g/mol. The summed E-state index contributed by atoms with van der Waals surface area (Å²) in [6.45, 7) is 17.7. The summed E-state index contributed by atoms with van der Waals surface area (Å²) < 4.78 is 9.64. The first-order chi connectivity index (χ1) is 20.9. The average Bonchev–Trinajstić information content (AvgIpc) is 3.30. The van der Waals surface area contributed by atoms with Crippen molar-refractivity contribution in [3.8, 4) is 0 Å². The first kappa shape index (κ1) is 34.8. The first-order valence-electron chi connectivity index (χ1n) is 18.1. The van der Waals surface area contributed by atoms with Gasteiger partial charge in [0.15, 0.2) is 6.10 Å². The van der Waals surface area contributed by atoms with Crippen LogP contribution in [0.4, 0.5) is 9.59 Å². The molecule has 0 spiro atoms. The molecule has 8 nitrogen and oxygen atoms in total. The Kier molecular flexibility index (Phi) is 9.40. The number of hydrogen-bond donors (Lipinski definition) is 4. The fraction of sp³-hybridized carbons (Fsp3) is 0.946. The van der Waals surface area contributed by atoms with Gasteiger partial charge in [0.2, 0.25) is 0 Å². The molecule has 9 unspecified atom stereocenters. The largest absolute Gasteiger partial charge is 0.446 e. The lowest BCUT2D eigenvalue weighted by molar-refractivity contribution is -0.241. The molecule has 2 amide bonds. The Hall–Kier alpha value is -1.54. The van der Waals surface area contributed by atoms with Gasteiger partial charge in [-0.15, -0.1) is 0 Å². The van der Waals surface area contributed by atoms with Crippen molar-refractivity contribution in [2.45, 2.75) is 150 Å². The first-order valence-corrected chi connectivity index (χ1v) is 18.1. The number of primary amides is 2. The highest BCUT2D eigenvalue weighted by molar-refractivity contribution is 5.65. The highest BCUT2D eigenvalue weighted by Crippen LogP contribution is 2.78. The maximum absolute atomic E-state index is 11.3. The van der Waals surface area contributed by atoms with Crippen LogP contribution in [0.2, 0.25) is 0 Å². The molecule has 8 heteroatoms. The number of ether oxygens (including phenoxy) is 2. The van der Waals surface area contributed by atoms with Crippen molar-refractivity contribution >= 4 is 12.2 Å². The third kappa shape index (κ3) is 5.70. The molecule has 0 radical (unpaired) electrons. The van der Waals surface area contributed by atoms with E-state index in [9.17, 15) is 19.8 Å². The molecule has 0 heterocycles. The maximum atomic E-state index is 11.3. The predicted molar refractivity (Wildman–Crippen MR) is 175 cm³/mol. The summed E-state index contributed by atoms with van der Waals surface area (Å²) in [4.78, 5) is 22.4. The van der Waals surface area contributed by atoms with Crippen LogP contribution in [0.3, 0.4) is 0 Å². The van der Waals surface area contributed by atoms with Crippen LogP contribution in [0.15, 0.2) is 0 Å². The molecule has 0 aliphatic heterocycles. The van der Waals surface area contributed by atoms with Crippen LogP contribution in [-0.2, 0) is 9.47 Å². The topological polar surface area (TPSA) is 145 Å². The molecule has 5 aliphatic carbocycles. The quantitative estimate of drug-likeness (QED) is 0.212. The minimum Gasteiger partial charge on any atom is -0.446 e. The number of amides is 2. The van der Waals surface area contributed by atoms with Crippen LogP contribution in [0.1, 0.15) is 132 Å². The molecule has 45 heavy (non-hydrogen) atoms. The lowest BCUT2D eigenvalue weighted by Gasteiger charge is -2.73. The van der Waals surface area contributed by atoms with E-state index in [-0.39, 0.29) is 0 Å². The molecule has 5 fully saturated rings. The monoisotopic (exact) mass is 632 g/mol. The van der Waals surface area contributed by atoms with Gasteiger partial charge in [-0.1, -0.05) is 54.9 Å². The van der Waals surface area contributed by atoms with Gasteiger partial charge in [0.05, 0.1) is 6.10 Å². The Labute approximate surface area is 272 Å². The van der Waals surface area contributed by atoms with E-state index in [4.69, 9.17) is 20.9 Å². The summed E-state index contributed by atoms with van der Waals surface area (Å²) >= 11 is 0. The van der Waals surface area contributed by atoms with Crippen molar-refractivity contribution in [1.82, 2.24) is 0 Å². The standard InChI is InChI=1S/C37H64N2O6/c1-22(9-10-25(40)30(41)26(45-32(39)43)21-44-31(38)42)23-13-18-34(4)24(23)14-19-36(6)28(34)11-12-29-35(5)17-8-16-33(2,3)27(35)15-20-37(29,36)7/h22-30,40-41H,8-21H2,1-7H3,(H2,38,42)(H2,39,43)/t22?,23?,24?,25?,26?,27?,28?,29?,30?,34-,35-,36+,37+/m0/s1. The minimum atomic E-state index is -1.43. The van der Waals surface area contributed by atoms with Gasteiger partial charge in [0.25, 0.3) is 0 Å². The lowest BCUT2D eigenvalue weighted by Crippen LogP contribution is -2.65. The van der Waals surface area contributed by atoms with E-state index in [1.54, 1.807) is 0 Å². The summed E-state index contributed by atoms with van der Waals surface area (Å²) in [7, 11) is 0. The van der Waals surface area contributed by atoms with Gasteiger partial charge >= 0.3 is 12.2 Å². The van der Waals surface area contributed by atoms with Crippen LogP contribution in [0.25, 0.3) is 0 Å². The van der Waals surface area contributed by atoms with Gasteiger partial charge in [-0.25, -0.2) is 9.59 Å². The van der Waals surface area contributed by atoms with Crippen molar-refractivity contribution in [3.05, 3.63) is 0 Å². The summed E-state index contributed by atoms with van der Waals surface area (Å²) in [5.74, 6) is 4.10. The lowest BCUT2D eigenvalue weighted by atomic mass is 9.32. The molecular formula is C37H64N2O6. The summed E-state index contributed by atoms with van der Waals surface area (Å²) in [6, 6.07) is 0. The maximum Gasteiger partial charge on any atom is 0.404 e. The minimum absolute atomic E-state index is 0.341. The number of hydrogen-bond acceptors (Lipinski definition) is 6. The van der Waals surface area contributed by atoms with Crippen LogP contribution in [0.5, 0.6) is 0 Å². The van der Waals surface area contributed by atoms with Crippen LogP contribution in [0, 0.1) is 62.6 Å². The molecule has 0 saturated heterocycles. The number of aliphatic hydroxyl groups is 2. The molecule has 5 rings (SSSR count). The van der Waals surface area contributed by atoms with Crippen molar-refractivity contribution in [3.63, 3.8) is 0 Å². The Balaban J connectivity index is 1.26. The third-order valence-corrected chi connectivity index (χ3v) is 15.8. The van der Waals surface area contributed by atoms with Crippen molar-refractivity contribution < 1.29 is 29.3 Å². The Morgan fingerprint density at radius 2 is 1.38 bits per heavy atom. The Bertz CT molecular complexity index is 1110. The number of carbonyl (C=O) groups is 2. The molecule has 5 aliphatic rings. The molecule has 6 N–H and O–H groups in total. The van der Waals surface area contributed by atoms with Gasteiger partial charge in [-0.3, -0.25) is 0 Å². The summed E-state index contributed by atoms with van der Waals surface area (Å²) in [5, 5.41) is 21.6. The normalized spacial score (nSPS) is 44.6. The molecule has 0 aromatic heterocycles. The second-order valence-electron chi connectivity index (χ2n) is 18.0. The van der Waals surface area contributed by atoms with Gasteiger partial charge in [-0.05, 0) is 140 Å². The van der Waals surface area contributed by atoms with E-state index < -0.39 is 37.1 Å². The van der Waals surface area contributed by atoms with E-state index in [1.165, 1.54) is 70.6 Å². The molecule has 258 valence electrons. The molecule has 0 bridgehead atoms. The predicted octanol–water partition coefficient (Wildman–Crippen LogP) is 7.18. The van der Waals surface area contributed by atoms with Crippen molar-refractivity contribution in [2.24, 2.45) is 74.0 Å². The number of fused-ring (bicyclic) bond motifs is 7. The highest BCUT2D eigenvalue weighted by Gasteiger charge is 2.70. The number of rotatable bonds is 9. The van der Waals surface area contributed by atoms with E-state index in [0.29, 0.717) is 51.2 Å². The second-order valence-corrected chi connectivity index (χ2v) is 18.0. The van der Waals surface area contributed by atoms with Gasteiger partial charge < -0.3 is 31.2 Å². The molecule has 0 aromatic carbocycles. The van der Waals surface area contributed by atoms with E-state index in [2.05, 4.69) is 48.5 Å². The Morgan fingerprint density at radius 1 is 0.756 bits per heavy atom. The molecule has 0 aromatic rings. The number of carbonyl (C=O) groups excluding carboxylic acids is 2. The van der Waals surface area contributed by atoms with Crippen LogP contribution >= 0.6 is 0 Å². The average molecular weight is 633 g/mol. The SMILES string of the molecule is CC(CCC(O)C(O)C(COC(N)=O)OC(N)=O)C1CC[C@@]2(C)C1CC[C@]1(C)C2CCC2[C@@]3(C)CCCC(C)(C)C3CC[C@]21C. The van der Waals surface area contributed by atoms with E-state index in [1.807, 2.05) is 0 Å². The Morgan fingerprint density at radius 3 is 2.00 bits per heavy atom. The van der Waals surface area contributed by atoms with E-state index >= 15 is 0 Å². The van der Waals surface area contributed by atoms with Crippen molar-refractivity contribution in [2.75, 3.05) is 6.61 Å². The third-order valence-electron chi connectivity index (χ3n) is 15.8. The number of aliphatic hydroxyl groups excluding tert-OH is 2. The van der Waals surface area contributed by atoms with Crippen molar-refractivity contribution in [1.29, 1.82) is 0 Å². The molecule has 13 atom stereocenters. The summed E-state index contributed by atoms with van der Waals surface area (Å²) in [6.07, 6.45) is 9.93. The fourth-order valence-electron chi connectivity index (χ4n) is 13.6. The second kappa shape index (κ2) is 12.2. The zero-order valence-corrected chi connectivity index (χ0v) is 29.3. The zero-order chi connectivity index (χ0) is 33.2. The zero-order valence-electron chi connectivity index (χ0n) is 29.3. The fourth-order valence-corrected chi connectivity index (χ4v) is 13.6. The van der Waals surface area contributed by atoms with E-state index in [0.717, 1.165) is 24.2 Å². The van der Waals surface area contributed by atoms with Crippen LogP contribution < -0.4 is 11.5 Å². The van der Waals surface area contributed by atoms with Gasteiger partial charge in [-0.2, -0.15) is 0 Å². The number of nitrogens with two attached hydrogens (primary N) is 2. The van der Waals surface area contributed by atoms with Crippen LogP contribution in [-0.4, -0.2) is 47.3 Å². The summed E-state index contributed by atoms with van der Waals surface area (Å²) in [5.41, 5.74) is 12.2. The van der Waals surface area contributed by atoms with Gasteiger partial charge in [0, 0.05) is 0 Å². The smallest absolute Gasteiger partial charge is 0.404 e. The molecule has 5 saturated carbocycles. The highest BCUT2D eigenvalue weighted by atomic mass is 16.6.